The molecule has 5 rings (SSSR count). The van der Waals surface area contributed by atoms with Crippen molar-refractivity contribution in [1.82, 2.24) is 9.97 Å². The number of rotatable bonds is 4. The summed E-state index contributed by atoms with van der Waals surface area (Å²) in [7, 11) is 0. The largest absolute Gasteiger partial charge is 0.333 e. The first kappa shape index (κ1) is 18.0. The number of para-hydroxylation sites is 4. The summed E-state index contributed by atoms with van der Waals surface area (Å²) in [5.74, 6) is 0.801. The molecule has 1 aliphatic heterocycles. The van der Waals surface area contributed by atoms with Gasteiger partial charge in [-0.3, -0.25) is 9.69 Å². The lowest BCUT2D eigenvalue weighted by Gasteiger charge is -2.25. The normalized spacial score (nSPS) is 13.0. The van der Waals surface area contributed by atoms with E-state index >= 15 is 0 Å². The van der Waals surface area contributed by atoms with Gasteiger partial charge < -0.3 is 4.98 Å². The first-order valence-electron chi connectivity index (χ1n) is 9.86. The van der Waals surface area contributed by atoms with Crippen LogP contribution in [0.25, 0.3) is 11.0 Å². The van der Waals surface area contributed by atoms with Gasteiger partial charge in [0.15, 0.2) is 5.16 Å². The van der Waals surface area contributed by atoms with E-state index in [2.05, 4.69) is 46.4 Å². The van der Waals surface area contributed by atoms with Gasteiger partial charge in [0.25, 0.3) is 0 Å². The molecule has 0 bridgehead atoms. The zero-order valence-corrected chi connectivity index (χ0v) is 16.8. The van der Waals surface area contributed by atoms with Gasteiger partial charge in [0.2, 0.25) is 5.91 Å². The van der Waals surface area contributed by atoms with Gasteiger partial charge >= 0.3 is 0 Å². The van der Waals surface area contributed by atoms with Crippen molar-refractivity contribution in [3.8, 4) is 0 Å². The van der Waals surface area contributed by atoms with Gasteiger partial charge in [-0.15, -0.1) is 0 Å². The van der Waals surface area contributed by atoms with E-state index in [1.807, 2.05) is 41.3 Å². The molecule has 4 aromatic rings. The smallest absolute Gasteiger partial charge is 0.232 e. The van der Waals surface area contributed by atoms with E-state index < -0.39 is 0 Å². The number of anilines is 2. The number of thioether (sulfide) groups is 1. The molecule has 1 N–H and O–H groups in total. The van der Waals surface area contributed by atoms with E-state index in [4.69, 9.17) is 0 Å². The molecular formula is C24H21N3OS. The van der Waals surface area contributed by atoms with Gasteiger partial charge in [-0.25, -0.2) is 4.98 Å². The van der Waals surface area contributed by atoms with Gasteiger partial charge in [-0.05, 0) is 48.2 Å². The third-order valence-corrected chi connectivity index (χ3v) is 6.18. The van der Waals surface area contributed by atoms with Crippen LogP contribution in [0.2, 0.25) is 0 Å². The Labute approximate surface area is 174 Å². The van der Waals surface area contributed by atoms with Crippen LogP contribution in [-0.2, 0) is 17.6 Å². The Kier molecular flexibility index (Phi) is 4.82. The van der Waals surface area contributed by atoms with Crippen molar-refractivity contribution in [2.75, 3.05) is 10.7 Å². The highest BCUT2D eigenvalue weighted by Gasteiger charge is 2.25. The van der Waals surface area contributed by atoms with E-state index in [9.17, 15) is 4.79 Å². The predicted molar refractivity (Wildman–Crippen MR) is 119 cm³/mol. The van der Waals surface area contributed by atoms with E-state index in [1.54, 1.807) is 11.8 Å². The van der Waals surface area contributed by atoms with Crippen LogP contribution in [0, 0.1) is 0 Å². The molecule has 0 unspecified atom stereocenters. The Morgan fingerprint density at radius 1 is 0.897 bits per heavy atom. The van der Waals surface area contributed by atoms with E-state index in [0.29, 0.717) is 12.2 Å². The Balaban J connectivity index is 1.37. The molecule has 0 spiro atoms. The minimum absolute atomic E-state index is 0.121. The molecule has 0 aliphatic carbocycles. The van der Waals surface area contributed by atoms with Gasteiger partial charge in [-0.1, -0.05) is 60.3 Å². The molecule has 3 aromatic carbocycles. The number of carbonyl (C=O) groups excluding carboxylic acids is 1. The number of imidazole rings is 1. The fraction of sp³-hybridized carbons (Fsp3) is 0.167. The molecule has 29 heavy (non-hydrogen) atoms. The second-order valence-electron chi connectivity index (χ2n) is 7.14. The second-order valence-corrected chi connectivity index (χ2v) is 8.23. The van der Waals surface area contributed by atoms with Crippen molar-refractivity contribution in [1.29, 1.82) is 0 Å². The number of amides is 1. The molecule has 0 saturated carbocycles. The Morgan fingerprint density at radius 3 is 2.21 bits per heavy atom. The van der Waals surface area contributed by atoms with Crippen molar-refractivity contribution in [3.63, 3.8) is 0 Å². The average Bonchev–Trinajstić information content (AvgIpc) is 3.08. The fourth-order valence-corrected chi connectivity index (χ4v) is 4.71. The summed E-state index contributed by atoms with van der Waals surface area (Å²) in [6.07, 6.45) is 2.35. The lowest BCUT2D eigenvalue weighted by molar-refractivity contribution is -0.117. The molecule has 0 saturated heterocycles. The molecule has 4 nitrogen and oxygen atoms in total. The first-order valence-corrected chi connectivity index (χ1v) is 10.8. The zero-order chi connectivity index (χ0) is 19.6. The van der Waals surface area contributed by atoms with Crippen molar-refractivity contribution >= 4 is 40.1 Å². The van der Waals surface area contributed by atoms with Crippen LogP contribution >= 0.6 is 11.8 Å². The Bertz CT molecular complexity index is 1100. The maximum Gasteiger partial charge on any atom is 0.232 e. The number of H-pyrrole nitrogens is 1. The number of nitrogens with zero attached hydrogens (tertiary/aromatic N) is 2. The zero-order valence-electron chi connectivity index (χ0n) is 16.0. The molecular weight excluding hydrogens is 378 g/mol. The van der Waals surface area contributed by atoms with Crippen LogP contribution in [0.3, 0.4) is 0 Å². The van der Waals surface area contributed by atoms with Crippen LogP contribution in [0.15, 0.2) is 78.0 Å². The summed E-state index contributed by atoms with van der Waals surface area (Å²) in [6, 6.07) is 24.5. The third-order valence-electron chi connectivity index (χ3n) is 5.30. The standard InChI is InChI=1S/C24H21N3OS/c28-23(15-16-29-24-25-19-9-3-4-10-20(19)26-24)27-21-11-5-1-7-17(21)13-14-18-8-2-6-12-22(18)27/h1-12H,13-16H2,(H,25,26). The van der Waals surface area contributed by atoms with Gasteiger partial charge in [0.1, 0.15) is 0 Å². The topological polar surface area (TPSA) is 49.0 Å². The van der Waals surface area contributed by atoms with Gasteiger partial charge in [0.05, 0.1) is 22.4 Å². The lowest BCUT2D eigenvalue weighted by atomic mass is 10.0. The molecule has 2 heterocycles. The van der Waals surface area contributed by atoms with Crippen molar-refractivity contribution in [2.24, 2.45) is 0 Å². The summed E-state index contributed by atoms with van der Waals surface area (Å²) < 4.78 is 0. The van der Waals surface area contributed by atoms with Crippen molar-refractivity contribution < 1.29 is 4.79 Å². The minimum atomic E-state index is 0.121. The van der Waals surface area contributed by atoms with Gasteiger partial charge in [0, 0.05) is 12.2 Å². The maximum absolute atomic E-state index is 13.3. The first-order chi connectivity index (χ1) is 14.3. The van der Waals surface area contributed by atoms with Crippen LogP contribution in [-0.4, -0.2) is 21.6 Å². The number of hydrogen-bond donors (Lipinski definition) is 1. The van der Waals surface area contributed by atoms with Crippen LogP contribution in [0.4, 0.5) is 11.4 Å². The number of nitrogens with one attached hydrogen (secondary N) is 1. The van der Waals surface area contributed by atoms with Crippen molar-refractivity contribution in [2.45, 2.75) is 24.4 Å². The molecule has 0 atom stereocenters. The fourth-order valence-electron chi connectivity index (χ4n) is 3.89. The highest BCUT2D eigenvalue weighted by molar-refractivity contribution is 7.99. The molecule has 0 radical (unpaired) electrons. The third kappa shape index (κ3) is 3.54. The predicted octanol–water partition coefficient (Wildman–Crippen LogP) is 5.51. The van der Waals surface area contributed by atoms with Gasteiger partial charge in [-0.2, -0.15) is 0 Å². The number of hydrogen-bond acceptors (Lipinski definition) is 3. The number of aromatic nitrogens is 2. The summed E-state index contributed by atoms with van der Waals surface area (Å²) in [4.78, 5) is 23.1. The van der Waals surface area contributed by atoms with E-state index in [1.165, 1.54) is 11.1 Å². The molecule has 0 fully saturated rings. The summed E-state index contributed by atoms with van der Waals surface area (Å²) in [6.45, 7) is 0. The lowest BCUT2D eigenvalue weighted by Crippen LogP contribution is -2.27. The van der Waals surface area contributed by atoms with E-state index in [0.717, 1.165) is 40.4 Å². The van der Waals surface area contributed by atoms with E-state index in [-0.39, 0.29) is 5.91 Å². The SMILES string of the molecule is O=C(CCSc1nc2ccccc2[nH]1)N1c2ccccc2CCc2ccccc21. The maximum atomic E-state index is 13.3. The summed E-state index contributed by atoms with van der Waals surface area (Å²) in [5.41, 5.74) is 6.45. The van der Waals surface area contributed by atoms with Crippen molar-refractivity contribution in [3.05, 3.63) is 83.9 Å². The second kappa shape index (κ2) is 7.76. The highest BCUT2D eigenvalue weighted by Crippen LogP contribution is 2.36. The highest BCUT2D eigenvalue weighted by atomic mass is 32.2. The molecule has 1 aromatic heterocycles. The number of aromatic amines is 1. The number of fused-ring (bicyclic) bond motifs is 3. The minimum Gasteiger partial charge on any atom is -0.333 e. The molecule has 1 amide bonds. The molecule has 144 valence electrons. The monoisotopic (exact) mass is 399 g/mol. The molecule has 1 aliphatic rings. The number of aryl methyl sites for hydroxylation is 2. The number of benzene rings is 3. The summed E-state index contributed by atoms with van der Waals surface area (Å²) in [5, 5.41) is 0.857. The molecule has 5 heteroatoms. The number of carbonyl (C=O) groups is 1. The Hall–Kier alpha value is -3.05. The van der Waals surface area contributed by atoms with Crippen LogP contribution in [0.1, 0.15) is 17.5 Å². The van der Waals surface area contributed by atoms with Crippen LogP contribution < -0.4 is 4.90 Å². The Morgan fingerprint density at radius 2 is 1.52 bits per heavy atom. The summed E-state index contributed by atoms with van der Waals surface area (Å²) >= 11 is 1.59. The van der Waals surface area contributed by atoms with Crippen LogP contribution in [0.5, 0.6) is 0 Å². The average molecular weight is 400 g/mol. The quantitative estimate of drug-likeness (QED) is 0.461.